The van der Waals surface area contributed by atoms with Gasteiger partial charge in [-0.2, -0.15) is 0 Å². The molecule has 0 saturated carbocycles. The molecule has 0 radical (unpaired) electrons. The zero-order valence-corrected chi connectivity index (χ0v) is 17.7. The summed E-state index contributed by atoms with van der Waals surface area (Å²) in [6.07, 6.45) is 0.928. The van der Waals surface area contributed by atoms with Crippen LogP contribution in [0.3, 0.4) is 0 Å². The lowest BCUT2D eigenvalue weighted by molar-refractivity contribution is 0.101. The molecule has 4 rings (SSSR count). The van der Waals surface area contributed by atoms with Crippen molar-refractivity contribution in [3.63, 3.8) is 0 Å². The predicted molar refractivity (Wildman–Crippen MR) is 120 cm³/mol. The fourth-order valence-corrected chi connectivity index (χ4v) is 3.42. The lowest BCUT2D eigenvalue weighted by Gasteiger charge is -2.10. The normalized spacial score (nSPS) is 10.8. The number of hydrogen-bond acceptors (Lipinski definition) is 3. The molecule has 6 heteroatoms. The molecule has 0 aliphatic carbocycles. The molecule has 0 saturated heterocycles. The van der Waals surface area contributed by atoms with Crippen molar-refractivity contribution in [2.45, 2.75) is 27.2 Å². The van der Waals surface area contributed by atoms with Crippen LogP contribution in [-0.4, -0.2) is 20.7 Å². The van der Waals surface area contributed by atoms with Crippen LogP contribution in [0.1, 0.15) is 34.2 Å². The number of aromatic nitrogens is 3. The Hall–Kier alpha value is -3.80. The van der Waals surface area contributed by atoms with Crippen LogP contribution in [-0.2, 0) is 6.42 Å². The van der Waals surface area contributed by atoms with E-state index in [1.165, 1.54) is 17.7 Å². The van der Waals surface area contributed by atoms with Gasteiger partial charge in [0.15, 0.2) is 5.82 Å². The van der Waals surface area contributed by atoms with Gasteiger partial charge in [0.05, 0.1) is 5.69 Å². The minimum atomic E-state index is -0.406. The predicted octanol–water partition coefficient (Wildman–Crippen LogP) is 5.50. The molecule has 0 bridgehead atoms. The highest BCUT2D eigenvalue weighted by atomic mass is 19.1. The molecule has 1 amide bonds. The van der Waals surface area contributed by atoms with Gasteiger partial charge in [-0.3, -0.25) is 4.79 Å². The molecule has 0 unspecified atom stereocenters. The van der Waals surface area contributed by atoms with Crippen LogP contribution in [0.5, 0.6) is 0 Å². The van der Waals surface area contributed by atoms with Gasteiger partial charge in [0.2, 0.25) is 5.82 Å². The van der Waals surface area contributed by atoms with Gasteiger partial charge in [0, 0.05) is 11.3 Å². The fraction of sp³-hybridized carbons (Fsp3) is 0.160. The minimum Gasteiger partial charge on any atom is -0.319 e. The monoisotopic (exact) mass is 414 g/mol. The van der Waals surface area contributed by atoms with Crippen molar-refractivity contribution in [3.8, 4) is 17.1 Å². The summed E-state index contributed by atoms with van der Waals surface area (Å²) >= 11 is 0. The highest BCUT2D eigenvalue weighted by molar-refractivity contribution is 6.01. The SMILES string of the molecule is CCc1ccc(NC(=O)c2nc(-c3ccc(F)cc3)n(-c3ccc(C)cc3C)n2)cc1. The Bertz CT molecular complexity index is 1230. The van der Waals surface area contributed by atoms with E-state index in [-0.39, 0.29) is 11.6 Å². The van der Waals surface area contributed by atoms with Gasteiger partial charge in [-0.05, 0) is 73.9 Å². The molecule has 0 aliphatic heterocycles. The van der Waals surface area contributed by atoms with Gasteiger partial charge in [-0.1, -0.05) is 36.8 Å². The first-order valence-corrected chi connectivity index (χ1v) is 10.2. The molecule has 1 heterocycles. The van der Waals surface area contributed by atoms with Gasteiger partial charge in [0.1, 0.15) is 5.82 Å². The summed E-state index contributed by atoms with van der Waals surface area (Å²) in [5, 5.41) is 7.35. The van der Waals surface area contributed by atoms with Gasteiger partial charge >= 0.3 is 0 Å². The molecule has 156 valence electrons. The quantitative estimate of drug-likeness (QED) is 0.469. The summed E-state index contributed by atoms with van der Waals surface area (Å²) in [7, 11) is 0. The average Bonchev–Trinajstić information content (AvgIpc) is 3.20. The summed E-state index contributed by atoms with van der Waals surface area (Å²) in [5.74, 6) is -0.233. The Balaban J connectivity index is 1.74. The van der Waals surface area contributed by atoms with E-state index in [4.69, 9.17) is 0 Å². The molecular formula is C25H23FN4O. The largest absolute Gasteiger partial charge is 0.319 e. The summed E-state index contributed by atoms with van der Waals surface area (Å²) in [5.41, 5.74) is 5.46. The summed E-state index contributed by atoms with van der Waals surface area (Å²) in [6.45, 7) is 6.07. The maximum absolute atomic E-state index is 13.5. The Kier molecular flexibility index (Phi) is 5.62. The first-order chi connectivity index (χ1) is 14.9. The van der Waals surface area contributed by atoms with E-state index < -0.39 is 5.91 Å². The lowest BCUT2D eigenvalue weighted by Crippen LogP contribution is -2.14. The first-order valence-electron chi connectivity index (χ1n) is 10.2. The number of halogens is 1. The molecule has 0 fully saturated rings. The number of anilines is 1. The molecule has 5 nitrogen and oxygen atoms in total. The second-order valence-corrected chi connectivity index (χ2v) is 7.47. The summed E-state index contributed by atoms with van der Waals surface area (Å²) < 4.78 is 15.1. The number of benzene rings is 3. The average molecular weight is 414 g/mol. The smallest absolute Gasteiger partial charge is 0.295 e. The van der Waals surface area contributed by atoms with Crippen molar-refractivity contribution in [3.05, 3.63) is 95.1 Å². The van der Waals surface area contributed by atoms with Gasteiger partial charge in [0.25, 0.3) is 5.91 Å². The molecule has 1 N–H and O–H groups in total. The number of aryl methyl sites for hydroxylation is 3. The van der Waals surface area contributed by atoms with Gasteiger partial charge in [-0.15, -0.1) is 5.10 Å². The summed E-state index contributed by atoms with van der Waals surface area (Å²) in [4.78, 5) is 17.4. The van der Waals surface area contributed by atoms with Crippen LogP contribution in [0.4, 0.5) is 10.1 Å². The van der Waals surface area contributed by atoms with E-state index in [0.29, 0.717) is 17.1 Å². The molecule has 4 aromatic rings. The second-order valence-electron chi connectivity index (χ2n) is 7.47. The van der Waals surface area contributed by atoms with Crippen LogP contribution in [0, 0.1) is 19.7 Å². The molecule has 0 aliphatic rings. The third-order valence-electron chi connectivity index (χ3n) is 5.11. The van der Waals surface area contributed by atoms with Crippen molar-refractivity contribution in [1.29, 1.82) is 0 Å². The number of hydrogen-bond donors (Lipinski definition) is 1. The zero-order chi connectivity index (χ0) is 22.0. The van der Waals surface area contributed by atoms with Crippen LogP contribution in [0.2, 0.25) is 0 Å². The standard InChI is InChI=1S/C25H23FN4O/c1-4-18-6-12-21(13-7-18)27-25(31)23-28-24(19-8-10-20(26)11-9-19)30(29-23)22-14-5-16(2)15-17(22)3/h5-15H,4H2,1-3H3,(H,27,31). The van der Waals surface area contributed by atoms with Crippen molar-refractivity contribution in [1.82, 2.24) is 14.8 Å². The van der Waals surface area contributed by atoms with Crippen molar-refractivity contribution in [2.75, 3.05) is 5.32 Å². The second kappa shape index (κ2) is 8.52. The van der Waals surface area contributed by atoms with E-state index in [9.17, 15) is 9.18 Å². The topological polar surface area (TPSA) is 59.8 Å². The van der Waals surface area contributed by atoms with E-state index in [1.807, 2.05) is 56.3 Å². The zero-order valence-electron chi connectivity index (χ0n) is 17.7. The lowest BCUT2D eigenvalue weighted by atomic mass is 10.1. The maximum Gasteiger partial charge on any atom is 0.295 e. The minimum absolute atomic E-state index is 0.0406. The van der Waals surface area contributed by atoms with E-state index >= 15 is 0 Å². The van der Waals surface area contributed by atoms with E-state index in [2.05, 4.69) is 22.3 Å². The number of nitrogens with one attached hydrogen (secondary N) is 1. The van der Waals surface area contributed by atoms with Gasteiger partial charge < -0.3 is 5.32 Å². The van der Waals surface area contributed by atoms with Gasteiger partial charge in [-0.25, -0.2) is 14.1 Å². The fourth-order valence-electron chi connectivity index (χ4n) is 3.42. The third-order valence-corrected chi connectivity index (χ3v) is 5.11. The number of rotatable bonds is 5. The van der Waals surface area contributed by atoms with Crippen molar-refractivity contribution < 1.29 is 9.18 Å². The van der Waals surface area contributed by atoms with E-state index in [1.54, 1.807) is 16.8 Å². The molecule has 1 aromatic heterocycles. The van der Waals surface area contributed by atoms with Crippen molar-refractivity contribution >= 4 is 11.6 Å². The van der Waals surface area contributed by atoms with Crippen LogP contribution < -0.4 is 5.32 Å². The number of nitrogens with zero attached hydrogens (tertiary/aromatic N) is 3. The van der Waals surface area contributed by atoms with Crippen LogP contribution in [0.25, 0.3) is 17.1 Å². The van der Waals surface area contributed by atoms with E-state index in [0.717, 1.165) is 23.2 Å². The first kappa shape index (κ1) is 20.5. The number of carbonyl (C=O) groups excluding carboxylic acids is 1. The van der Waals surface area contributed by atoms with Crippen molar-refractivity contribution in [2.24, 2.45) is 0 Å². The van der Waals surface area contributed by atoms with Crippen LogP contribution in [0.15, 0.2) is 66.7 Å². The highest BCUT2D eigenvalue weighted by Gasteiger charge is 2.20. The summed E-state index contributed by atoms with van der Waals surface area (Å²) in [6, 6.07) is 19.6. The Labute approximate surface area is 180 Å². The molecule has 31 heavy (non-hydrogen) atoms. The highest BCUT2D eigenvalue weighted by Crippen LogP contribution is 2.24. The number of amides is 1. The molecular weight excluding hydrogens is 391 g/mol. The Morgan fingerprint density at radius 3 is 2.35 bits per heavy atom. The number of carbonyl (C=O) groups is 1. The third kappa shape index (κ3) is 4.38. The molecule has 0 spiro atoms. The maximum atomic E-state index is 13.5. The molecule has 0 atom stereocenters. The Morgan fingerprint density at radius 2 is 1.71 bits per heavy atom. The Morgan fingerprint density at radius 1 is 1.00 bits per heavy atom. The molecule has 3 aromatic carbocycles. The van der Waals surface area contributed by atoms with Crippen LogP contribution >= 0.6 is 0 Å².